The van der Waals surface area contributed by atoms with Crippen molar-refractivity contribution in [1.82, 2.24) is 24.5 Å². The second-order valence-electron chi connectivity index (χ2n) is 16.6. The first-order valence-corrected chi connectivity index (χ1v) is 22.0. The molecule has 0 radical (unpaired) electrons. The van der Waals surface area contributed by atoms with Crippen molar-refractivity contribution in [2.75, 3.05) is 0 Å². The van der Waals surface area contributed by atoms with Crippen molar-refractivity contribution < 1.29 is 0 Å². The van der Waals surface area contributed by atoms with Gasteiger partial charge in [-0.3, -0.25) is 0 Å². The monoisotopic (exact) mass is 827 g/mol. The van der Waals surface area contributed by atoms with Gasteiger partial charge in [-0.1, -0.05) is 188 Å². The highest BCUT2D eigenvalue weighted by Gasteiger charge is 2.23. The molecule has 0 atom stereocenters. The third-order valence-corrected chi connectivity index (χ3v) is 12.8. The van der Waals surface area contributed by atoms with Crippen LogP contribution in [0.5, 0.6) is 0 Å². The summed E-state index contributed by atoms with van der Waals surface area (Å²) in [6.07, 6.45) is 0. The molecule has 0 amide bonds. The molecule has 0 bridgehead atoms. The van der Waals surface area contributed by atoms with Crippen molar-refractivity contribution in [3.63, 3.8) is 0 Å². The second kappa shape index (κ2) is 14.9. The highest BCUT2D eigenvalue weighted by Crippen LogP contribution is 2.45. The fourth-order valence-corrected chi connectivity index (χ4v) is 9.71. The maximum absolute atomic E-state index is 5.42. The summed E-state index contributed by atoms with van der Waals surface area (Å²) >= 11 is 0. The summed E-state index contributed by atoms with van der Waals surface area (Å²) < 4.78 is 2.46. The van der Waals surface area contributed by atoms with Gasteiger partial charge in [0.1, 0.15) is 0 Å². The van der Waals surface area contributed by atoms with Gasteiger partial charge < -0.3 is 4.57 Å². The highest BCUT2D eigenvalue weighted by atomic mass is 15.0. The number of hydrogen-bond donors (Lipinski definition) is 0. The van der Waals surface area contributed by atoms with E-state index in [4.69, 9.17) is 19.9 Å². The smallest absolute Gasteiger partial charge is 0.164 e. The molecule has 3 heterocycles. The van der Waals surface area contributed by atoms with Gasteiger partial charge in [0.25, 0.3) is 0 Å². The van der Waals surface area contributed by atoms with E-state index in [1.807, 2.05) is 36.4 Å². The summed E-state index contributed by atoms with van der Waals surface area (Å²) in [6, 6.07) is 79.5. The predicted octanol–water partition coefficient (Wildman–Crippen LogP) is 15.3. The molecule has 0 N–H and O–H groups in total. The average molecular weight is 828 g/mol. The zero-order valence-electron chi connectivity index (χ0n) is 35.1. The van der Waals surface area contributed by atoms with Crippen LogP contribution >= 0.6 is 0 Å². The summed E-state index contributed by atoms with van der Waals surface area (Å²) in [5.74, 6) is 1.87. The van der Waals surface area contributed by atoms with Crippen LogP contribution in [-0.2, 0) is 0 Å². The zero-order chi connectivity index (χ0) is 42.8. The number of fused-ring (bicyclic) bond motifs is 8. The van der Waals surface area contributed by atoms with Crippen molar-refractivity contribution in [3.05, 3.63) is 224 Å². The van der Waals surface area contributed by atoms with Crippen LogP contribution in [0, 0.1) is 0 Å². The largest absolute Gasteiger partial charge is 0.309 e. The minimum atomic E-state index is 0.613. The molecule has 3 aromatic heterocycles. The van der Waals surface area contributed by atoms with E-state index in [1.54, 1.807) is 0 Å². The van der Waals surface area contributed by atoms with E-state index >= 15 is 0 Å². The predicted molar refractivity (Wildman–Crippen MR) is 269 cm³/mol. The molecular weight excluding hydrogens is 791 g/mol. The van der Waals surface area contributed by atoms with Gasteiger partial charge in [0.05, 0.1) is 22.2 Å². The maximum atomic E-state index is 5.42. The molecule has 5 heteroatoms. The van der Waals surface area contributed by atoms with Crippen molar-refractivity contribution in [2.24, 2.45) is 0 Å². The van der Waals surface area contributed by atoms with Crippen molar-refractivity contribution in [1.29, 1.82) is 0 Å². The molecule has 0 spiro atoms. The van der Waals surface area contributed by atoms with E-state index in [1.165, 1.54) is 32.3 Å². The van der Waals surface area contributed by atoms with E-state index < -0.39 is 0 Å². The summed E-state index contributed by atoms with van der Waals surface area (Å²) in [6.45, 7) is 0. The Morgan fingerprint density at radius 2 is 0.862 bits per heavy atom. The van der Waals surface area contributed by atoms with Crippen LogP contribution < -0.4 is 0 Å². The van der Waals surface area contributed by atoms with Gasteiger partial charge in [0.15, 0.2) is 17.5 Å². The molecule has 0 aliphatic heterocycles. The molecule has 0 unspecified atom stereocenters. The van der Waals surface area contributed by atoms with Crippen LogP contribution in [0.3, 0.4) is 0 Å². The van der Waals surface area contributed by atoms with Crippen LogP contribution in [0.15, 0.2) is 224 Å². The first kappa shape index (κ1) is 36.8. The van der Waals surface area contributed by atoms with Gasteiger partial charge in [-0.25, -0.2) is 19.9 Å². The van der Waals surface area contributed by atoms with Gasteiger partial charge >= 0.3 is 0 Å². The fraction of sp³-hybridized carbons (Fsp3) is 0. The third-order valence-electron chi connectivity index (χ3n) is 12.8. The van der Waals surface area contributed by atoms with Crippen molar-refractivity contribution >= 4 is 65.0 Å². The number of benzene rings is 10. The number of hydrogen-bond acceptors (Lipinski definition) is 4. The van der Waals surface area contributed by atoms with Crippen LogP contribution in [0.25, 0.3) is 127 Å². The molecule has 302 valence electrons. The Bertz CT molecular complexity index is 3950. The van der Waals surface area contributed by atoms with Crippen LogP contribution in [0.4, 0.5) is 0 Å². The van der Waals surface area contributed by atoms with Crippen molar-refractivity contribution in [2.45, 2.75) is 0 Å². The third kappa shape index (κ3) is 6.16. The molecule has 0 fully saturated rings. The molecular formula is C60H37N5. The summed E-state index contributed by atoms with van der Waals surface area (Å²) in [4.78, 5) is 20.9. The van der Waals surface area contributed by atoms with E-state index in [0.29, 0.717) is 17.5 Å². The van der Waals surface area contributed by atoms with E-state index in [9.17, 15) is 0 Å². The topological polar surface area (TPSA) is 56.5 Å². The minimum absolute atomic E-state index is 0.613. The average Bonchev–Trinajstić information content (AvgIpc) is 3.71. The SMILES string of the molecule is c1ccc(-c2nc(-c3ccccc3)nc(-c3ccccc3-c3cccc4c5cc6c(cc5n(-c5ccc7ccccc7c5)c34)c(-c3ccc4ccccc4c3)nc3ccccc36)n2)cc1. The Kier molecular flexibility index (Phi) is 8.46. The first-order valence-electron chi connectivity index (χ1n) is 22.0. The number of pyridine rings is 1. The molecule has 13 rings (SSSR count). The lowest BCUT2D eigenvalue weighted by atomic mass is 9.95. The molecule has 13 aromatic rings. The number of nitrogens with zero attached hydrogens (tertiary/aromatic N) is 5. The lowest BCUT2D eigenvalue weighted by Crippen LogP contribution is -2.01. The summed E-state index contributed by atoms with van der Waals surface area (Å²) in [5, 5.41) is 10.5. The van der Waals surface area contributed by atoms with E-state index in [-0.39, 0.29) is 0 Å². The highest BCUT2D eigenvalue weighted by molar-refractivity contribution is 6.22. The molecule has 0 saturated heterocycles. The second-order valence-corrected chi connectivity index (χ2v) is 16.6. The van der Waals surface area contributed by atoms with Gasteiger partial charge in [-0.15, -0.1) is 0 Å². The van der Waals surface area contributed by atoms with Crippen LogP contribution in [0.1, 0.15) is 0 Å². The van der Waals surface area contributed by atoms with Gasteiger partial charge in [0.2, 0.25) is 0 Å². The molecule has 0 aliphatic carbocycles. The Morgan fingerprint density at radius 3 is 1.60 bits per heavy atom. The zero-order valence-corrected chi connectivity index (χ0v) is 35.1. The lowest BCUT2D eigenvalue weighted by Gasteiger charge is -2.16. The van der Waals surface area contributed by atoms with E-state index in [0.717, 1.165) is 77.5 Å². The Labute approximate surface area is 374 Å². The van der Waals surface area contributed by atoms with Crippen LogP contribution in [-0.4, -0.2) is 24.5 Å². The van der Waals surface area contributed by atoms with Crippen molar-refractivity contribution in [3.8, 4) is 62.2 Å². The number of aromatic nitrogens is 5. The molecule has 5 nitrogen and oxygen atoms in total. The lowest BCUT2D eigenvalue weighted by molar-refractivity contribution is 1.07. The number of rotatable bonds is 6. The van der Waals surface area contributed by atoms with E-state index in [2.05, 4.69) is 193 Å². The molecule has 0 aliphatic rings. The molecule has 10 aromatic carbocycles. The Hall–Kier alpha value is -8.80. The summed E-state index contributed by atoms with van der Waals surface area (Å²) in [7, 11) is 0. The van der Waals surface area contributed by atoms with Gasteiger partial charge in [-0.05, 0) is 68.9 Å². The Morgan fingerprint density at radius 1 is 0.292 bits per heavy atom. The maximum Gasteiger partial charge on any atom is 0.164 e. The quantitative estimate of drug-likeness (QED) is 0.157. The number of para-hydroxylation sites is 2. The molecule has 0 saturated carbocycles. The van der Waals surface area contributed by atoms with Gasteiger partial charge in [-0.2, -0.15) is 0 Å². The molecule has 65 heavy (non-hydrogen) atoms. The first-order chi connectivity index (χ1) is 32.2. The standard InChI is InChI=1S/C60H37N5/c1-3-18-40(19-4-1)58-62-59(41-20-5-2-6-21-41)64-60(63-58)50-26-12-11-24-46(50)48-27-15-28-49-52-36-51-47-25-13-14-29-54(47)61-56(44-31-30-38-16-7-9-22-42(38)34-44)53(51)37-55(52)65(57(48)49)45-33-32-39-17-8-10-23-43(39)35-45/h1-37H. The normalized spacial score (nSPS) is 11.7. The minimum Gasteiger partial charge on any atom is -0.309 e. The summed E-state index contributed by atoms with van der Waals surface area (Å²) in [5.41, 5.74) is 11.2. The van der Waals surface area contributed by atoms with Crippen LogP contribution in [0.2, 0.25) is 0 Å². The van der Waals surface area contributed by atoms with Gasteiger partial charge in [0, 0.05) is 55.0 Å². The fourth-order valence-electron chi connectivity index (χ4n) is 9.71. The Balaban J connectivity index is 1.13.